The summed E-state index contributed by atoms with van der Waals surface area (Å²) in [5, 5.41) is 0.944. The highest BCUT2D eigenvalue weighted by Gasteiger charge is 2.24. The van der Waals surface area contributed by atoms with E-state index in [2.05, 4.69) is 4.98 Å². The van der Waals surface area contributed by atoms with Gasteiger partial charge in [-0.25, -0.2) is 0 Å². The average molecular weight is 376 g/mol. The van der Waals surface area contributed by atoms with Crippen molar-refractivity contribution in [1.82, 2.24) is 9.88 Å². The van der Waals surface area contributed by atoms with Crippen LogP contribution in [-0.4, -0.2) is 29.1 Å². The topological polar surface area (TPSA) is 71.6 Å². The van der Waals surface area contributed by atoms with Crippen molar-refractivity contribution >= 4 is 16.8 Å². The van der Waals surface area contributed by atoms with Gasteiger partial charge in [0.25, 0.3) is 5.56 Å². The normalized spacial score (nSPS) is 15.0. The van der Waals surface area contributed by atoms with Crippen LogP contribution in [0, 0.1) is 6.92 Å². The SMILES string of the molecule is Cc1cc2cc(CC(=O)N3CCc4cc5c(cc4C3)OCO5)ccc2[nH]c1=O. The maximum absolute atomic E-state index is 12.9. The summed E-state index contributed by atoms with van der Waals surface area (Å²) in [5.41, 5.74) is 4.66. The molecule has 0 fully saturated rings. The Morgan fingerprint density at radius 1 is 1.11 bits per heavy atom. The van der Waals surface area contributed by atoms with Crippen molar-refractivity contribution in [2.45, 2.75) is 26.3 Å². The number of aromatic amines is 1. The standard InChI is InChI=1S/C22H20N2O4/c1-13-6-16-7-14(2-3-18(16)23-22(13)26)8-21(25)24-5-4-15-9-19-20(28-12-27-19)10-17(15)11-24/h2-3,6-7,9-10H,4-5,8,11-12H2,1H3,(H,23,26). The van der Waals surface area contributed by atoms with Crippen molar-refractivity contribution in [3.63, 3.8) is 0 Å². The number of carbonyl (C=O) groups excluding carboxylic acids is 1. The van der Waals surface area contributed by atoms with Crippen LogP contribution < -0.4 is 15.0 Å². The number of ether oxygens (including phenoxy) is 2. The Bertz CT molecular complexity index is 1170. The molecule has 1 amide bonds. The number of rotatable bonds is 2. The fraction of sp³-hybridized carbons (Fsp3) is 0.273. The number of aromatic nitrogens is 1. The Morgan fingerprint density at radius 2 is 1.89 bits per heavy atom. The van der Waals surface area contributed by atoms with E-state index >= 15 is 0 Å². The van der Waals surface area contributed by atoms with Crippen LogP contribution in [0.2, 0.25) is 0 Å². The van der Waals surface area contributed by atoms with Gasteiger partial charge in [0.05, 0.1) is 6.42 Å². The molecule has 0 unspecified atom stereocenters. The zero-order chi connectivity index (χ0) is 19.3. The van der Waals surface area contributed by atoms with E-state index in [0.29, 0.717) is 25.1 Å². The monoisotopic (exact) mass is 376 g/mol. The predicted molar refractivity (Wildman–Crippen MR) is 105 cm³/mol. The van der Waals surface area contributed by atoms with Crippen LogP contribution in [-0.2, 0) is 24.2 Å². The number of aryl methyl sites for hydroxylation is 1. The van der Waals surface area contributed by atoms with Gasteiger partial charge in [0.2, 0.25) is 12.7 Å². The van der Waals surface area contributed by atoms with E-state index in [9.17, 15) is 9.59 Å². The first kappa shape index (κ1) is 16.9. The molecule has 0 radical (unpaired) electrons. The zero-order valence-corrected chi connectivity index (χ0v) is 15.6. The maximum atomic E-state index is 12.9. The Balaban J connectivity index is 1.35. The van der Waals surface area contributed by atoms with Crippen molar-refractivity contribution in [3.8, 4) is 11.5 Å². The molecule has 142 valence electrons. The van der Waals surface area contributed by atoms with Gasteiger partial charge in [0.1, 0.15) is 0 Å². The lowest BCUT2D eigenvalue weighted by Gasteiger charge is -2.29. The highest BCUT2D eigenvalue weighted by molar-refractivity contribution is 5.83. The highest BCUT2D eigenvalue weighted by atomic mass is 16.7. The lowest BCUT2D eigenvalue weighted by molar-refractivity contribution is -0.131. The van der Waals surface area contributed by atoms with Gasteiger partial charge >= 0.3 is 0 Å². The van der Waals surface area contributed by atoms with E-state index in [-0.39, 0.29) is 18.3 Å². The molecule has 0 bridgehead atoms. The maximum Gasteiger partial charge on any atom is 0.251 e. The van der Waals surface area contributed by atoms with E-state index in [4.69, 9.17) is 9.47 Å². The molecule has 1 N–H and O–H groups in total. The minimum absolute atomic E-state index is 0.0795. The van der Waals surface area contributed by atoms with E-state index < -0.39 is 0 Å². The van der Waals surface area contributed by atoms with E-state index in [1.807, 2.05) is 41.3 Å². The summed E-state index contributed by atoms with van der Waals surface area (Å²) >= 11 is 0. The number of hydrogen-bond acceptors (Lipinski definition) is 4. The second-order valence-electron chi connectivity index (χ2n) is 7.42. The van der Waals surface area contributed by atoms with Gasteiger partial charge < -0.3 is 19.4 Å². The lowest BCUT2D eigenvalue weighted by Crippen LogP contribution is -2.36. The third kappa shape index (κ3) is 2.91. The van der Waals surface area contributed by atoms with Gasteiger partial charge in [-0.1, -0.05) is 6.07 Å². The van der Waals surface area contributed by atoms with Gasteiger partial charge in [-0.05, 0) is 65.8 Å². The Hall–Kier alpha value is -3.28. The molecule has 0 aliphatic carbocycles. The first-order valence-electron chi connectivity index (χ1n) is 9.38. The summed E-state index contributed by atoms with van der Waals surface area (Å²) in [5.74, 6) is 1.65. The minimum Gasteiger partial charge on any atom is -0.454 e. The summed E-state index contributed by atoms with van der Waals surface area (Å²) in [6.45, 7) is 3.33. The quantitative estimate of drug-likeness (QED) is 0.747. The van der Waals surface area contributed by atoms with E-state index in [0.717, 1.165) is 39.9 Å². The molecule has 2 aliphatic rings. The number of amides is 1. The van der Waals surface area contributed by atoms with E-state index in [1.54, 1.807) is 6.92 Å². The van der Waals surface area contributed by atoms with Gasteiger partial charge in [-0.15, -0.1) is 0 Å². The van der Waals surface area contributed by atoms with E-state index in [1.165, 1.54) is 5.56 Å². The summed E-state index contributed by atoms with van der Waals surface area (Å²) in [7, 11) is 0. The third-order valence-corrected chi connectivity index (χ3v) is 5.51. The van der Waals surface area contributed by atoms with Crippen LogP contribution in [0.25, 0.3) is 10.9 Å². The number of H-pyrrole nitrogens is 1. The predicted octanol–water partition coefficient (Wildman–Crippen LogP) is 2.69. The highest BCUT2D eigenvalue weighted by Crippen LogP contribution is 2.36. The van der Waals surface area contributed by atoms with Crippen LogP contribution in [0.1, 0.15) is 22.3 Å². The average Bonchev–Trinajstić information content (AvgIpc) is 3.14. The fourth-order valence-electron chi connectivity index (χ4n) is 3.92. The molecule has 0 spiro atoms. The molecule has 0 atom stereocenters. The number of hydrogen-bond donors (Lipinski definition) is 1. The molecule has 3 heterocycles. The second kappa shape index (κ2) is 6.41. The first-order chi connectivity index (χ1) is 13.6. The van der Waals surface area contributed by atoms with Crippen LogP contribution in [0.15, 0.2) is 41.2 Å². The molecule has 2 aromatic carbocycles. The first-order valence-corrected chi connectivity index (χ1v) is 9.38. The zero-order valence-electron chi connectivity index (χ0n) is 15.6. The van der Waals surface area contributed by atoms with Crippen LogP contribution in [0.3, 0.4) is 0 Å². The molecule has 6 heteroatoms. The van der Waals surface area contributed by atoms with Gasteiger partial charge in [0.15, 0.2) is 11.5 Å². The van der Waals surface area contributed by atoms with Gasteiger partial charge in [0, 0.05) is 24.2 Å². The summed E-state index contributed by atoms with van der Waals surface area (Å²) in [4.78, 5) is 29.4. The molecule has 5 rings (SSSR count). The fourth-order valence-corrected chi connectivity index (χ4v) is 3.92. The molecule has 0 saturated carbocycles. The largest absolute Gasteiger partial charge is 0.454 e. The number of nitrogens with one attached hydrogen (secondary N) is 1. The smallest absolute Gasteiger partial charge is 0.251 e. The van der Waals surface area contributed by atoms with Crippen LogP contribution in [0.5, 0.6) is 11.5 Å². The summed E-state index contributed by atoms with van der Waals surface area (Å²) in [6.07, 6.45) is 1.16. The third-order valence-electron chi connectivity index (χ3n) is 5.51. The van der Waals surface area contributed by atoms with Gasteiger partial charge in [-0.3, -0.25) is 9.59 Å². The summed E-state index contributed by atoms with van der Waals surface area (Å²) < 4.78 is 10.9. The molecule has 2 aliphatic heterocycles. The van der Waals surface area contributed by atoms with Crippen molar-refractivity contribution in [2.24, 2.45) is 0 Å². The molecule has 1 aromatic heterocycles. The van der Waals surface area contributed by atoms with Crippen molar-refractivity contribution in [1.29, 1.82) is 0 Å². The lowest BCUT2D eigenvalue weighted by atomic mass is 9.98. The Kier molecular flexibility index (Phi) is 3.86. The molecule has 6 nitrogen and oxygen atoms in total. The van der Waals surface area contributed by atoms with Crippen LogP contribution in [0.4, 0.5) is 0 Å². The number of fused-ring (bicyclic) bond motifs is 3. The van der Waals surface area contributed by atoms with Crippen molar-refractivity contribution < 1.29 is 14.3 Å². The molecule has 3 aromatic rings. The molecular weight excluding hydrogens is 356 g/mol. The minimum atomic E-state index is -0.0795. The Morgan fingerprint density at radius 3 is 2.71 bits per heavy atom. The van der Waals surface area contributed by atoms with Crippen LogP contribution >= 0.6 is 0 Å². The number of pyridine rings is 1. The number of benzene rings is 2. The molecule has 0 saturated heterocycles. The molecule has 28 heavy (non-hydrogen) atoms. The number of carbonyl (C=O) groups is 1. The number of nitrogens with zero attached hydrogens (tertiary/aromatic N) is 1. The van der Waals surface area contributed by atoms with Crippen molar-refractivity contribution in [3.05, 3.63) is 69.0 Å². The van der Waals surface area contributed by atoms with Crippen molar-refractivity contribution in [2.75, 3.05) is 13.3 Å². The second-order valence-corrected chi connectivity index (χ2v) is 7.42. The molecular formula is C22H20N2O4. The van der Waals surface area contributed by atoms with Gasteiger partial charge in [-0.2, -0.15) is 0 Å². The Labute approximate surface area is 161 Å². The summed E-state index contributed by atoms with van der Waals surface area (Å²) in [6, 6.07) is 11.6.